The van der Waals surface area contributed by atoms with E-state index in [1.165, 1.54) is 19.4 Å². The summed E-state index contributed by atoms with van der Waals surface area (Å²) in [4.78, 5) is 0. The molecular weight excluding hydrogens is 369 g/mol. The van der Waals surface area contributed by atoms with Crippen molar-refractivity contribution in [3.05, 3.63) is 55.5 Å². The van der Waals surface area contributed by atoms with Gasteiger partial charge in [-0.25, -0.2) is 0 Å². The van der Waals surface area contributed by atoms with Crippen molar-refractivity contribution >= 4 is 44.9 Å². The topological polar surface area (TPSA) is 25.2 Å². The summed E-state index contributed by atoms with van der Waals surface area (Å²) in [6.45, 7) is 2.10. The minimum atomic E-state index is 0.118. The molecule has 0 amide bonds. The number of rotatable bonds is 3. The van der Waals surface area contributed by atoms with Gasteiger partial charge in [-0.3, -0.25) is 0 Å². The number of benzene rings is 1. The zero-order chi connectivity index (χ0) is 13.4. The van der Waals surface area contributed by atoms with Crippen molar-refractivity contribution < 1.29 is 4.42 Å². The van der Waals surface area contributed by atoms with E-state index in [0.717, 1.165) is 11.3 Å². The molecule has 4 heteroatoms. The molecule has 2 aromatic heterocycles. The molecule has 3 aromatic rings. The molecule has 0 radical (unpaired) electrons. The van der Waals surface area contributed by atoms with Gasteiger partial charge in [-0.05, 0) is 71.8 Å². The number of thiophene rings is 1. The molecule has 2 nitrogen and oxygen atoms in total. The van der Waals surface area contributed by atoms with E-state index in [1.807, 2.05) is 13.1 Å². The Labute approximate surface area is 130 Å². The third-order valence-electron chi connectivity index (χ3n) is 3.19. The Kier molecular flexibility index (Phi) is 3.64. The maximum absolute atomic E-state index is 5.98. The minimum absolute atomic E-state index is 0.118. The van der Waals surface area contributed by atoms with E-state index in [4.69, 9.17) is 4.42 Å². The lowest BCUT2D eigenvalue weighted by Gasteiger charge is -2.11. The second-order valence-corrected chi connectivity index (χ2v) is 7.40. The van der Waals surface area contributed by atoms with Crippen LogP contribution >= 0.6 is 33.9 Å². The normalized spacial score (nSPS) is 13.0. The van der Waals surface area contributed by atoms with E-state index in [0.29, 0.717) is 0 Å². The summed E-state index contributed by atoms with van der Waals surface area (Å²) in [5, 5.41) is 6.68. The van der Waals surface area contributed by atoms with Crippen LogP contribution in [0, 0.1) is 9.81 Å². The van der Waals surface area contributed by atoms with E-state index in [2.05, 4.69) is 64.5 Å². The van der Waals surface area contributed by atoms with Crippen LogP contribution in [0.15, 0.2) is 40.1 Å². The van der Waals surface area contributed by atoms with Gasteiger partial charge in [0.05, 0.1) is 8.93 Å². The molecule has 1 unspecified atom stereocenters. The van der Waals surface area contributed by atoms with E-state index in [-0.39, 0.29) is 6.04 Å². The number of nitrogens with one attached hydrogen (secondary N) is 1. The largest absolute Gasteiger partial charge is 0.459 e. The van der Waals surface area contributed by atoms with E-state index in [1.54, 1.807) is 11.3 Å². The SMILES string of the molecule is CNC(c1csc(I)c1)c1cc2cc(C)ccc2o1. The lowest BCUT2D eigenvalue weighted by molar-refractivity contribution is 0.492. The molecule has 0 spiro atoms. The van der Waals surface area contributed by atoms with E-state index < -0.39 is 0 Å². The fourth-order valence-electron chi connectivity index (χ4n) is 2.27. The Bertz CT molecular complexity index is 716. The first kappa shape index (κ1) is 13.1. The molecule has 19 heavy (non-hydrogen) atoms. The van der Waals surface area contributed by atoms with Crippen LogP contribution in [0.1, 0.15) is 22.9 Å². The highest BCUT2D eigenvalue weighted by atomic mass is 127. The van der Waals surface area contributed by atoms with Gasteiger partial charge in [0.25, 0.3) is 0 Å². The number of halogens is 1. The molecule has 0 aliphatic carbocycles. The van der Waals surface area contributed by atoms with Gasteiger partial charge in [0, 0.05) is 5.39 Å². The van der Waals surface area contributed by atoms with Crippen molar-refractivity contribution in [1.29, 1.82) is 0 Å². The highest BCUT2D eigenvalue weighted by molar-refractivity contribution is 14.1. The second kappa shape index (κ2) is 5.26. The van der Waals surface area contributed by atoms with Gasteiger partial charge in [0.1, 0.15) is 11.3 Å². The number of hydrogen-bond acceptors (Lipinski definition) is 3. The van der Waals surface area contributed by atoms with E-state index >= 15 is 0 Å². The Morgan fingerprint density at radius 2 is 2.11 bits per heavy atom. The van der Waals surface area contributed by atoms with Gasteiger partial charge >= 0.3 is 0 Å². The number of furan rings is 1. The molecule has 0 aliphatic rings. The van der Waals surface area contributed by atoms with Gasteiger partial charge in [-0.2, -0.15) is 0 Å². The summed E-state index contributed by atoms with van der Waals surface area (Å²) in [7, 11) is 1.97. The fraction of sp³-hybridized carbons (Fsp3) is 0.200. The molecule has 1 N–H and O–H groups in total. The molecular formula is C15H14INOS. The Hall–Kier alpha value is -0.850. The van der Waals surface area contributed by atoms with Crippen molar-refractivity contribution in [3.8, 4) is 0 Å². The van der Waals surface area contributed by atoms with E-state index in [9.17, 15) is 0 Å². The van der Waals surface area contributed by atoms with Crippen LogP contribution in [0.5, 0.6) is 0 Å². The molecule has 1 atom stereocenters. The number of fused-ring (bicyclic) bond motifs is 1. The Balaban J connectivity index is 2.06. The van der Waals surface area contributed by atoms with Crippen molar-refractivity contribution in [2.75, 3.05) is 7.05 Å². The maximum atomic E-state index is 5.98. The average molecular weight is 383 g/mol. The molecule has 0 aliphatic heterocycles. The quantitative estimate of drug-likeness (QED) is 0.663. The van der Waals surface area contributed by atoms with Gasteiger partial charge in [0.2, 0.25) is 0 Å². The Morgan fingerprint density at radius 3 is 2.79 bits per heavy atom. The molecule has 0 fully saturated rings. The summed E-state index contributed by atoms with van der Waals surface area (Å²) in [5.41, 5.74) is 3.46. The van der Waals surface area contributed by atoms with Crippen molar-refractivity contribution in [2.45, 2.75) is 13.0 Å². The van der Waals surface area contributed by atoms with Crippen LogP contribution in [0.25, 0.3) is 11.0 Å². The maximum Gasteiger partial charge on any atom is 0.134 e. The van der Waals surface area contributed by atoms with Crippen molar-refractivity contribution in [1.82, 2.24) is 5.32 Å². The van der Waals surface area contributed by atoms with Gasteiger partial charge in [-0.1, -0.05) is 11.6 Å². The van der Waals surface area contributed by atoms with Crippen molar-refractivity contribution in [3.63, 3.8) is 0 Å². The molecule has 3 rings (SSSR count). The third-order valence-corrected chi connectivity index (χ3v) is 4.99. The fourth-order valence-corrected chi connectivity index (χ4v) is 3.67. The summed E-state index contributed by atoms with van der Waals surface area (Å²) >= 11 is 4.11. The highest BCUT2D eigenvalue weighted by Gasteiger charge is 2.18. The summed E-state index contributed by atoms with van der Waals surface area (Å²) < 4.78 is 7.27. The number of hydrogen-bond donors (Lipinski definition) is 1. The molecule has 1 aromatic carbocycles. The molecule has 0 bridgehead atoms. The molecule has 98 valence electrons. The predicted octanol–water partition coefficient (Wildman–Crippen LogP) is 4.72. The zero-order valence-electron chi connectivity index (χ0n) is 10.7. The molecule has 0 saturated carbocycles. The average Bonchev–Trinajstić information content (AvgIpc) is 2.96. The first-order chi connectivity index (χ1) is 9.17. The van der Waals surface area contributed by atoms with Crippen molar-refractivity contribution in [2.24, 2.45) is 0 Å². The first-order valence-electron chi connectivity index (χ1n) is 6.08. The van der Waals surface area contributed by atoms with Crippen LogP contribution in [0.4, 0.5) is 0 Å². The standard InChI is InChI=1S/C15H14INOS/c1-9-3-4-12-10(5-9)6-13(18-12)15(17-2)11-7-14(16)19-8-11/h3-8,15,17H,1-2H3. The smallest absolute Gasteiger partial charge is 0.134 e. The zero-order valence-corrected chi connectivity index (χ0v) is 13.7. The van der Waals surface area contributed by atoms with Gasteiger partial charge in [0.15, 0.2) is 0 Å². The molecule has 2 heterocycles. The molecule has 0 saturated heterocycles. The van der Waals surface area contributed by atoms with Crippen LogP contribution in [-0.2, 0) is 0 Å². The third kappa shape index (κ3) is 2.57. The number of aryl methyl sites for hydroxylation is 1. The van der Waals surface area contributed by atoms with Gasteiger partial charge < -0.3 is 9.73 Å². The minimum Gasteiger partial charge on any atom is -0.459 e. The van der Waals surface area contributed by atoms with Crippen LogP contribution in [0.2, 0.25) is 0 Å². The lowest BCUT2D eigenvalue weighted by Crippen LogP contribution is -2.16. The monoisotopic (exact) mass is 383 g/mol. The lowest BCUT2D eigenvalue weighted by atomic mass is 10.1. The van der Waals surface area contributed by atoms with Gasteiger partial charge in [-0.15, -0.1) is 11.3 Å². The Morgan fingerprint density at radius 1 is 1.26 bits per heavy atom. The highest BCUT2D eigenvalue weighted by Crippen LogP contribution is 2.31. The summed E-state index contributed by atoms with van der Waals surface area (Å²) in [5.74, 6) is 0.970. The summed E-state index contributed by atoms with van der Waals surface area (Å²) in [6.07, 6.45) is 0. The van der Waals surface area contributed by atoms with Crippen LogP contribution < -0.4 is 5.32 Å². The summed E-state index contributed by atoms with van der Waals surface area (Å²) in [6, 6.07) is 10.7. The second-order valence-electron chi connectivity index (χ2n) is 4.60. The first-order valence-corrected chi connectivity index (χ1v) is 8.04. The van der Waals surface area contributed by atoms with Crippen LogP contribution in [0.3, 0.4) is 0 Å². The van der Waals surface area contributed by atoms with Crippen LogP contribution in [-0.4, -0.2) is 7.05 Å². The predicted molar refractivity (Wildman–Crippen MR) is 88.9 cm³/mol.